The summed E-state index contributed by atoms with van der Waals surface area (Å²) < 4.78 is 17.6. The van der Waals surface area contributed by atoms with Crippen molar-refractivity contribution in [1.82, 2.24) is 24.2 Å². The fourth-order valence-electron chi connectivity index (χ4n) is 3.82. The summed E-state index contributed by atoms with van der Waals surface area (Å²) in [6.07, 6.45) is 3.40. The minimum absolute atomic E-state index is 0.118. The van der Waals surface area contributed by atoms with Crippen LogP contribution in [0.1, 0.15) is 41.5 Å². The van der Waals surface area contributed by atoms with Crippen molar-refractivity contribution in [2.45, 2.75) is 51.9 Å². The first-order chi connectivity index (χ1) is 14.9. The SMILES string of the molecule is CCn1ccc(C(=O)NC2CCc3nn(Cc4ccc(F)cc4)c(=O)n3CC2)cc1=O. The van der Waals surface area contributed by atoms with Crippen LogP contribution in [0.4, 0.5) is 4.39 Å². The number of rotatable bonds is 5. The van der Waals surface area contributed by atoms with Crippen LogP contribution < -0.4 is 16.6 Å². The van der Waals surface area contributed by atoms with Crippen molar-refractivity contribution in [1.29, 1.82) is 0 Å². The van der Waals surface area contributed by atoms with Crippen LogP contribution >= 0.6 is 0 Å². The summed E-state index contributed by atoms with van der Waals surface area (Å²) in [4.78, 5) is 37.3. The molecule has 0 bridgehead atoms. The molecule has 1 aliphatic heterocycles. The predicted molar refractivity (Wildman–Crippen MR) is 113 cm³/mol. The third-order valence-corrected chi connectivity index (χ3v) is 5.60. The molecule has 3 heterocycles. The van der Waals surface area contributed by atoms with Crippen LogP contribution in [0.3, 0.4) is 0 Å². The Morgan fingerprint density at radius 2 is 1.97 bits per heavy atom. The highest BCUT2D eigenvalue weighted by molar-refractivity contribution is 5.94. The van der Waals surface area contributed by atoms with Crippen LogP contribution in [-0.2, 0) is 26.1 Å². The maximum Gasteiger partial charge on any atom is 0.346 e. The van der Waals surface area contributed by atoms with Gasteiger partial charge in [0, 0.05) is 43.4 Å². The molecular formula is C22H24FN5O3. The number of nitrogens with one attached hydrogen (secondary N) is 1. The Morgan fingerprint density at radius 3 is 2.68 bits per heavy atom. The first kappa shape index (κ1) is 20.8. The van der Waals surface area contributed by atoms with Crippen molar-refractivity contribution in [3.05, 3.63) is 86.2 Å². The second-order valence-corrected chi connectivity index (χ2v) is 7.67. The van der Waals surface area contributed by atoms with Gasteiger partial charge in [-0.25, -0.2) is 13.9 Å². The molecule has 0 spiro atoms. The fraction of sp³-hybridized carbons (Fsp3) is 0.364. The van der Waals surface area contributed by atoms with Crippen molar-refractivity contribution in [3.8, 4) is 0 Å². The molecule has 2 aromatic heterocycles. The molecule has 3 aromatic rings. The van der Waals surface area contributed by atoms with Crippen LogP contribution in [0.25, 0.3) is 0 Å². The second kappa shape index (κ2) is 8.71. The van der Waals surface area contributed by atoms with E-state index in [1.54, 1.807) is 29.0 Å². The highest BCUT2D eigenvalue weighted by Gasteiger charge is 2.22. The molecule has 0 saturated carbocycles. The molecule has 1 atom stereocenters. The van der Waals surface area contributed by atoms with Gasteiger partial charge in [-0.1, -0.05) is 12.1 Å². The number of pyridine rings is 1. The van der Waals surface area contributed by atoms with Crippen LogP contribution in [0.5, 0.6) is 0 Å². The van der Waals surface area contributed by atoms with E-state index in [0.717, 1.165) is 5.56 Å². The van der Waals surface area contributed by atoms with E-state index in [1.165, 1.54) is 27.4 Å². The summed E-state index contributed by atoms with van der Waals surface area (Å²) >= 11 is 0. The number of halogens is 1. The first-order valence-corrected chi connectivity index (χ1v) is 10.4. The minimum atomic E-state index is -0.323. The molecule has 4 rings (SSSR count). The predicted octanol–water partition coefficient (Wildman–Crippen LogP) is 1.55. The topological polar surface area (TPSA) is 90.9 Å². The second-order valence-electron chi connectivity index (χ2n) is 7.67. The van der Waals surface area contributed by atoms with Gasteiger partial charge in [0.05, 0.1) is 6.54 Å². The maximum absolute atomic E-state index is 13.1. The average molecular weight is 425 g/mol. The smallest absolute Gasteiger partial charge is 0.346 e. The quantitative estimate of drug-likeness (QED) is 0.672. The Bertz CT molecular complexity index is 1210. The molecule has 9 heteroatoms. The van der Waals surface area contributed by atoms with Gasteiger partial charge in [0.1, 0.15) is 11.6 Å². The first-order valence-electron chi connectivity index (χ1n) is 10.4. The molecular weight excluding hydrogens is 401 g/mol. The zero-order chi connectivity index (χ0) is 22.0. The van der Waals surface area contributed by atoms with Crippen molar-refractivity contribution in [2.24, 2.45) is 0 Å². The molecule has 162 valence electrons. The molecule has 1 amide bonds. The number of hydrogen-bond acceptors (Lipinski definition) is 4. The number of carbonyl (C=O) groups excluding carboxylic acids is 1. The van der Waals surface area contributed by atoms with E-state index >= 15 is 0 Å². The molecule has 8 nitrogen and oxygen atoms in total. The van der Waals surface area contributed by atoms with Gasteiger partial charge < -0.3 is 9.88 Å². The van der Waals surface area contributed by atoms with Crippen molar-refractivity contribution < 1.29 is 9.18 Å². The number of fused-ring (bicyclic) bond motifs is 1. The number of aromatic nitrogens is 4. The van der Waals surface area contributed by atoms with Crippen molar-refractivity contribution in [3.63, 3.8) is 0 Å². The zero-order valence-corrected chi connectivity index (χ0v) is 17.3. The van der Waals surface area contributed by atoms with Gasteiger partial charge in [-0.3, -0.25) is 14.2 Å². The lowest BCUT2D eigenvalue weighted by Gasteiger charge is -2.16. The fourth-order valence-corrected chi connectivity index (χ4v) is 3.82. The van der Waals surface area contributed by atoms with E-state index < -0.39 is 0 Å². The number of benzene rings is 1. The van der Waals surface area contributed by atoms with Crippen LogP contribution in [0.2, 0.25) is 0 Å². The third-order valence-electron chi connectivity index (χ3n) is 5.60. The lowest BCUT2D eigenvalue weighted by Crippen LogP contribution is -2.36. The minimum Gasteiger partial charge on any atom is -0.349 e. The Labute approximate surface area is 177 Å². The Balaban J connectivity index is 1.42. The molecule has 1 unspecified atom stereocenters. The van der Waals surface area contributed by atoms with E-state index in [-0.39, 0.29) is 35.6 Å². The number of aryl methyl sites for hydroxylation is 2. The van der Waals surface area contributed by atoms with E-state index in [4.69, 9.17) is 0 Å². The molecule has 31 heavy (non-hydrogen) atoms. The average Bonchev–Trinajstić information content (AvgIpc) is 2.92. The molecule has 1 aliphatic rings. The molecule has 0 saturated heterocycles. The standard InChI is InChI=1S/C22H24FN5O3/c1-2-26-11-9-16(13-20(26)29)21(30)24-18-7-8-19-25-28(22(31)27(19)12-10-18)14-15-3-5-17(23)6-4-15/h3-6,9,11,13,18H,2,7-8,10,12,14H2,1H3,(H,24,30). The number of nitrogens with zero attached hydrogens (tertiary/aromatic N) is 4. The maximum atomic E-state index is 13.1. The summed E-state index contributed by atoms with van der Waals surface area (Å²) in [6.45, 7) is 3.14. The Kier molecular flexibility index (Phi) is 5.83. The van der Waals surface area contributed by atoms with Gasteiger partial charge in [-0.2, -0.15) is 5.10 Å². The van der Waals surface area contributed by atoms with Gasteiger partial charge in [0.2, 0.25) is 0 Å². The number of carbonyl (C=O) groups is 1. The summed E-state index contributed by atoms with van der Waals surface area (Å²) in [5, 5.41) is 7.42. The lowest BCUT2D eigenvalue weighted by molar-refractivity contribution is 0.0932. The highest BCUT2D eigenvalue weighted by atomic mass is 19.1. The highest BCUT2D eigenvalue weighted by Crippen LogP contribution is 2.13. The van der Waals surface area contributed by atoms with E-state index in [9.17, 15) is 18.8 Å². The van der Waals surface area contributed by atoms with Crippen molar-refractivity contribution >= 4 is 5.91 Å². The summed E-state index contributed by atoms with van der Waals surface area (Å²) in [7, 11) is 0. The summed E-state index contributed by atoms with van der Waals surface area (Å²) in [5.41, 5.74) is 0.706. The molecule has 0 aliphatic carbocycles. The van der Waals surface area contributed by atoms with Crippen LogP contribution in [-0.4, -0.2) is 30.9 Å². The molecule has 0 radical (unpaired) electrons. The van der Waals surface area contributed by atoms with Crippen LogP contribution in [0, 0.1) is 5.82 Å². The summed E-state index contributed by atoms with van der Waals surface area (Å²) in [6, 6.07) is 8.85. The van der Waals surface area contributed by atoms with Crippen molar-refractivity contribution in [2.75, 3.05) is 0 Å². The Morgan fingerprint density at radius 1 is 1.19 bits per heavy atom. The Hall–Kier alpha value is -3.49. The van der Waals surface area contributed by atoms with Gasteiger partial charge >= 0.3 is 5.69 Å². The molecule has 0 fully saturated rings. The molecule has 1 aromatic carbocycles. The number of amides is 1. The van der Waals surface area contributed by atoms with Gasteiger partial charge in [-0.05, 0) is 43.5 Å². The largest absolute Gasteiger partial charge is 0.349 e. The normalized spacial score (nSPS) is 15.9. The van der Waals surface area contributed by atoms with E-state index in [1.807, 2.05) is 6.92 Å². The van der Waals surface area contributed by atoms with E-state index in [0.29, 0.717) is 43.7 Å². The van der Waals surface area contributed by atoms with E-state index in [2.05, 4.69) is 10.4 Å². The van der Waals surface area contributed by atoms with Gasteiger partial charge in [-0.15, -0.1) is 0 Å². The van der Waals surface area contributed by atoms with Gasteiger partial charge in [0.15, 0.2) is 0 Å². The number of hydrogen-bond donors (Lipinski definition) is 1. The zero-order valence-electron chi connectivity index (χ0n) is 17.3. The third kappa shape index (κ3) is 4.50. The lowest BCUT2D eigenvalue weighted by atomic mass is 10.1. The monoisotopic (exact) mass is 425 g/mol. The molecule has 1 N–H and O–H groups in total. The van der Waals surface area contributed by atoms with Crippen LogP contribution in [0.15, 0.2) is 52.2 Å². The summed E-state index contributed by atoms with van der Waals surface area (Å²) in [5.74, 6) is 0.0596. The van der Waals surface area contributed by atoms with Gasteiger partial charge in [0.25, 0.3) is 11.5 Å².